The molecule has 0 aliphatic heterocycles. The molecule has 0 aliphatic rings. The molecule has 1 aromatic rings. The zero-order valence-electron chi connectivity index (χ0n) is 9.75. The minimum absolute atomic E-state index is 0.487. The molecule has 0 saturated carbocycles. The molecule has 1 heterocycles. The first-order valence-electron chi connectivity index (χ1n) is 5.33. The predicted molar refractivity (Wildman–Crippen MR) is 62.4 cm³/mol. The zero-order chi connectivity index (χ0) is 11.3. The van der Waals surface area contributed by atoms with Crippen molar-refractivity contribution in [1.82, 2.24) is 14.9 Å². The summed E-state index contributed by atoms with van der Waals surface area (Å²) in [5.74, 6) is 3.69. The van der Waals surface area contributed by atoms with E-state index < -0.39 is 0 Å². The van der Waals surface area contributed by atoms with Crippen molar-refractivity contribution >= 4 is 0 Å². The average Bonchev–Trinajstić information content (AvgIpc) is 2.53. The number of aryl methyl sites for hydroxylation is 1. The molecule has 0 bridgehead atoms. The second kappa shape index (κ2) is 5.57. The van der Waals surface area contributed by atoms with Gasteiger partial charge >= 0.3 is 0 Å². The Balaban J connectivity index is 2.66. The molecule has 0 spiro atoms. The Hall–Kier alpha value is -1.27. The summed E-state index contributed by atoms with van der Waals surface area (Å²) in [6, 6.07) is 0.487. The van der Waals surface area contributed by atoms with Crippen LogP contribution in [-0.4, -0.2) is 15.6 Å². The van der Waals surface area contributed by atoms with Crippen molar-refractivity contribution in [2.45, 2.75) is 46.3 Å². The molecule has 1 rings (SSSR count). The van der Waals surface area contributed by atoms with Gasteiger partial charge in [-0.1, -0.05) is 13.8 Å². The van der Waals surface area contributed by atoms with Gasteiger partial charge in [0.2, 0.25) is 0 Å². The highest BCUT2D eigenvalue weighted by atomic mass is 15.1. The van der Waals surface area contributed by atoms with E-state index in [1.165, 1.54) is 5.69 Å². The van der Waals surface area contributed by atoms with Crippen molar-refractivity contribution in [2.24, 2.45) is 0 Å². The van der Waals surface area contributed by atoms with Gasteiger partial charge in [-0.15, -0.1) is 12.3 Å². The number of rotatable bonds is 5. The predicted octanol–water partition coefficient (Wildman–Crippen LogP) is 1.71. The van der Waals surface area contributed by atoms with Crippen molar-refractivity contribution in [1.29, 1.82) is 0 Å². The fourth-order valence-corrected chi connectivity index (χ4v) is 1.45. The summed E-state index contributed by atoms with van der Waals surface area (Å²) in [6.07, 6.45) is 7.94. The third-order valence-electron chi connectivity index (χ3n) is 2.31. The van der Waals surface area contributed by atoms with E-state index in [1.807, 2.05) is 13.1 Å². The third-order valence-corrected chi connectivity index (χ3v) is 2.31. The summed E-state index contributed by atoms with van der Waals surface area (Å²) in [7, 11) is 0. The van der Waals surface area contributed by atoms with Crippen LogP contribution in [0.5, 0.6) is 0 Å². The van der Waals surface area contributed by atoms with Crippen molar-refractivity contribution in [3.63, 3.8) is 0 Å². The first-order valence-corrected chi connectivity index (χ1v) is 5.33. The lowest BCUT2D eigenvalue weighted by Gasteiger charge is -2.11. The molecule has 0 aromatic carbocycles. The van der Waals surface area contributed by atoms with E-state index in [9.17, 15) is 0 Å². The van der Waals surface area contributed by atoms with Gasteiger partial charge in [0.05, 0.1) is 5.69 Å². The van der Waals surface area contributed by atoms with Gasteiger partial charge < -0.3 is 9.88 Å². The number of aromatic nitrogens is 2. The summed E-state index contributed by atoms with van der Waals surface area (Å²) < 4.78 is 2.18. The number of nitrogens with zero attached hydrogens (tertiary/aromatic N) is 2. The number of hydrogen-bond acceptors (Lipinski definition) is 2. The second-order valence-electron chi connectivity index (χ2n) is 3.94. The molecule has 82 valence electrons. The molecule has 3 heteroatoms. The van der Waals surface area contributed by atoms with Gasteiger partial charge in [-0.2, -0.15) is 0 Å². The molecule has 15 heavy (non-hydrogen) atoms. The molecule has 0 aliphatic carbocycles. The minimum Gasteiger partial charge on any atom is -0.330 e. The van der Waals surface area contributed by atoms with Gasteiger partial charge in [0.25, 0.3) is 0 Å². The SMILES string of the molecule is C#CCCn1c(CNC(C)C)cnc1C. The normalized spacial score (nSPS) is 10.6. The Morgan fingerprint density at radius 1 is 1.60 bits per heavy atom. The second-order valence-corrected chi connectivity index (χ2v) is 3.94. The highest BCUT2D eigenvalue weighted by molar-refractivity contribution is 5.05. The first-order chi connectivity index (χ1) is 7.15. The van der Waals surface area contributed by atoms with Crippen LogP contribution in [0.25, 0.3) is 0 Å². The van der Waals surface area contributed by atoms with E-state index in [0.717, 1.165) is 25.3 Å². The van der Waals surface area contributed by atoms with Crippen LogP contribution in [0.15, 0.2) is 6.20 Å². The summed E-state index contributed by atoms with van der Waals surface area (Å²) in [4.78, 5) is 4.30. The van der Waals surface area contributed by atoms with Crippen LogP contribution in [0.3, 0.4) is 0 Å². The van der Waals surface area contributed by atoms with Crippen LogP contribution in [0.1, 0.15) is 31.8 Å². The fraction of sp³-hybridized carbons (Fsp3) is 0.583. The fourth-order valence-electron chi connectivity index (χ4n) is 1.45. The van der Waals surface area contributed by atoms with Crippen molar-refractivity contribution in [3.05, 3.63) is 17.7 Å². The molecule has 0 fully saturated rings. The summed E-state index contributed by atoms with van der Waals surface area (Å²) in [5.41, 5.74) is 1.21. The maximum Gasteiger partial charge on any atom is 0.105 e. The van der Waals surface area contributed by atoms with Crippen LogP contribution in [0.2, 0.25) is 0 Å². The van der Waals surface area contributed by atoms with Crippen LogP contribution in [0.4, 0.5) is 0 Å². The highest BCUT2D eigenvalue weighted by Gasteiger charge is 2.05. The third kappa shape index (κ3) is 3.41. The topological polar surface area (TPSA) is 29.9 Å². The van der Waals surface area contributed by atoms with E-state index in [4.69, 9.17) is 6.42 Å². The molecule has 0 atom stereocenters. The van der Waals surface area contributed by atoms with E-state index in [0.29, 0.717) is 6.04 Å². The number of imidazole rings is 1. The van der Waals surface area contributed by atoms with Crippen LogP contribution in [-0.2, 0) is 13.1 Å². The Morgan fingerprint density at radius 2 is 2.33 bits per heavy atom. The molecule has 1 aromatic heterocycles. The Bertz CT molecular complexity index is 344. The highest BCUT2D eigenvalue weighted by Crippen LogP contribution is 2.05. The lowest BCUT2D eigenvalue weighted by molar-refractivity contribution is 0.553. The Morgan fingerprint density at radius 3 is 2.93 bits per heavy atom. The summed E-state index contributed by atoms with van der Waals surface area (Å²) in [6.45, 7) is 7.99. The lowest BCUT2D eigenvalue weighted by Crippen LogP contribution is -2.23. The molecule has 0 unspecified atom stereocenters. The van der Waals surface area contributed by atoms with Crippen LogP contribution >= 0.6 is 0 Å². The van der Waals surface area contributed by atoms with Gasteiger partial charge in [-0.05, 0) is 6.92 Å². The Kier molecular flexibility index (Phi) is 4.38. The monoisotopic (exact) mass is 205 g/mol. The average molecular weight is 205 g/mol. The smallest absolute Gasteiger partial charge is 0.105 e. The van der Waals surface area contributed by atoms with E-state index >= 15 is 0 Å². The molecule has 0 amide bonds. The lowest BCUT2D eigenvalue weighted by atomic mass is 10.3. The number of hydrogen-bond donors (Lipinski definition) is 1. The molecule has 0 saturated heterocycles. The van der Waals surface area contributed by atoms with Crippen molar-refractivity contribution < 1.29 is 0 Å². The van der Waals surface area contributed by atoms with Crippen LogP contribution in [0, 0.1) is 19.3 Å². The van der Waals surface area contributed by atoms with Gasteiger partial charge in [0, 0.05) is 31.7 Å². The van der Waals surface area contributed by atoms with Gasteiger partial charge in [-0.3, -0.25) is 0 Å². The van der Waals surface area contributed by atoms with E-state index in [2.05, 4.69) is 34.6 Å². The van der Waals surface area contributed by atoms with Gasteiger partial charge in [0.1, 0.15) is 5.82 Å². The number of nitrogens with one attached hydrogen (secondary N) is 1. The molecular weight excluding hydrogens is 186 g/mol. The van der Waals surface area contributed by atoms with Crippen molar-refractivity contribution in [2.75, 3.05) is 0 Å². The van der Waals surface area contributed by atoms with Gasteiger partial charge in [0.15, 0.2) is 0 Å². The largest absolute Gasteiger partial charge is 0.330 e. The quantitative estimate of drug-likeness (QED) is 0.742. The molecule has 1 N–H and O–H groups in total. The van der Waals surface area contributed by atoms with Crippen molar-refractivity contribution in [3.8, 4) is 12.3 Å². The van der Waals surface area contributed by atoms with Crippen LogP contribution < -0.4 is 5.32 Å². The maximum atomic E-state index is 5.27. The first kappa shape index (κ1) is 11.8. The Labute approximate surface area is 91.9 Å². The minimum atomic E-state index is 0.487. The maximum absolute atomic E-state index is 5.27. The molecular formula is C12H19N3. The van der Waals surface area contributed by atoms with Gasteiger partial charge in [-0.25, -0.2) is 4.98 Å². The van der Waals surface area contributed by atoms with E-state index in [1.54, 1.807) is 0 Å². The zero-order valence-corrected chi connectivity index (χ0v) is 9.75. The molecule has 0 radical (unpaired) electrons. The standard InChI is InChI=1S/C12H19N3/c1-5-6-7-15-11(4)14-9-12(15)8-13-10(2)3/h1,9-10,13H,6-8H2,2-4H3. The summed E-state index contributed by atoms with van der Waals surface area (Å²) >= 11 is 0. The molecule has 3 nitrogen and oxygen atoms in total. The number of terminal acetylenes is 1. The van der Waals surface area contributed by atoms with E-state index in [-0.39, 0.29) is 0 Å². The summed E-state index contributed by atoms with van der Waals surface area (Å²) in [5, 5.41) is 3.38.